The number of carbonyl (C=O) groups excluding carboxylic acids is 1. The zero-order valence-corrected chi connectivity index (χ0v) is 20.2. The van der Waals surface area contributed by atoms with Crippen LogP contribution in [0.25, 0.3) is 0 Å². The van der Waals surface area contributed by atoms with E-state index in [0.717, 1.165) is 11.1 Å². The molecule has 0 aromatic heterocycles. The molecule has 0 heterocycles. The molecule has 2 aromatic rings. The second-order valence-electron chi connectivity index (χ2n) is 9.22. The van der Waals surface area contributed by atoms with Crippen LogP contribution >= 0.6 is 0 Å². The van der Waals surface area contributed by atoms with Gasteiger partial charge in [0, 0.05) is 6.54 Å². The van der Waals surface area contributed by atoms with E-state index in [1.54, 1.807) is 18.2 Å². The van der Waals surface area contributed by atoms with E-state index in [1.165, 1.54) is 11.6 Å². The molecular formula is C24H35MnN2O3. The summed E-state index contributed by atoms with van der Waals surface area (Å²) in [7, 11) is 0. The van der Waals surface area contributed by atoms with Crippen LogP contribution in [0.1, 0.15) is 75.5 Å². The van der Waals surface area contributed by atoms with Gasteiger partial charge < -0.3 is 10.4 Å². The third kappa shape index (κ3) is 7.35. The number of nitrogens with one attached hydrogen (secondary N) is 2. The molecule has 2 rings (SSSR count). The summed E-state index contributed by atoms with van der Waals surface area (Å²) in [5.41, 5.74) is 3.53. The van der Waals surface area contributed by atoms with Crippen molar-refractivity contribution in [2.45, 2.75) is 65.8 Å². The summed E-state index contributed by atoms with van der Waals surface area (Å²) in [6.07, 6.45) is 0. The van der Waals surface area contributed by atoms with E-state index in [2.05, 4.69) is 79.6 Å². The quantitative estimate of drug-likeness (QED) is 0.506. The molecule has 2 aromatic carbocycles. The van der Waals surface area contributed by atoms with Crippen LogP contribution in [0, 0.1) is 0 Å². The minimum Gasteiger partial charge on any atom is -0.507 e. The first-order chi connectivity index (χ1) is 13.8. The smallest absolute Gasteiger partial charge is 0.255 e. The number of hydrogen-bond donors (Lipinski definition) is 4. The van der Waals surface area contributed by atoms with Crippen molar-refractivity contribution in [3.8, 4) is 11.5 Å². The molecule has 166 valence electrons. The van der Waals surface area contributed by atoms with E-state index in [0.29, 0.717) is 24.4 Å². The average Bonchev–Trinajstić information content (AvgIpc) is 2.62. The molecule has 0 saturated carbocycles. The van der Waals surface area contributed by atoms with Crippen LogP contribution in [0.5, 0.6) is 11.5 Å². The fourth-order valence-corrected chi connectivity index (χ4v) is 3.05. The van der Waals surface area contributed by atoms with Crippen LogP contribution < -0.4 is 9.65 Å². The maximum absolute atomic E-state index is 11.2. The van der Waals surface area contributed by atoms with E-state index in [-0.39, 0.29) is 22.5 Å². The van der Waals surface area contributed by atoms with Gasteiger partial charge in [0.1, 0.15) is 5.75 Å². The van der Waals surface area contributed by atoms with Crippen molar-refractivity contribution in [1.29, 1.82) is 0 Å². The molecule has 0 fully saturated rings. The van der Waals surface area contributed by atoms with E-state index in [9.17, 15) is 15.0 Å². The maximum atomic E-state index is 11.2. The number of carbonyl (C=O) groups is 1. The molecule has 4 N–H and O–H groups in total. The molecule has 30 heavy (non-hydrogen) atoms. The Morgan fingerprint density at radius 2 is 1.60 bits per heavy atom. The molecule has 0 radical (unpaired) electrons. The van der Waals surface area contributed by atoms with Gasteiger partial charge in [-0.1, -0.05) is 12.1 Å². The molecule has 0 unspecified atom stereocenters. The van der Waals surface area contributed by atoms with Crippen LogP contribution in [0.3, 0.4) is 0 Å². The number of para-hydroxylation sites is 1. The summed E-state index contributed by atoms with van der Waals surface area (Å²) in [5.74, 6) is 0.182. The largest absolute Gasteiger partial charge is 0.507 e. The van der Waals surface area contributed by atoms with Crippen LogP contribution in [-0.4, -0.2) is 22.7 Å². The Balaban J connectivity index is 0.000000325. The van der Waals surface area contributed by atoms with Crippen molar-refractivity contribution in [2.24, 2.45) is 0 Å². The Morgan fingerprint density at radius 3 is 2.07 bits per heavy atom. The monoisotopic (exact) mass is 454 g/mol. The Hall–Kier alpha value is -2.01. The van der Waals surface area contributed by atoms with Gasteiger partial charge in [-0.2, -0.15) is 0 Å². The van der Waals surface area contributed by atoms with Crippen LogP contribution in [0.2, 0.25) is 0 Å². The average molecular weight is 454 g/mol. The number of amides is 1. The molecule has 0 aliphatic heterocycles. The molecular weight excluding hydrogens is 419 g/mol. The maximum Gasteiger partial charge on any atom is 0.255 e. The minimum absolute atomic E-state index is 0.0171. The van der Waals surface area contributed by atoms with Crippen molar-refractivity contribution in [3.63, 3.8) is 0 Å². The first-order valence-corrected chi connectivity index (χ1v) is 10.7. The van der Waals surface area contributed by atoms with Gasteiger partial charge >= 0.3 is 119 Å². The normalized spacial score (nSPS) is 11.5. The zero-order chi connectivity index (χ0) is 23.1. The molecule has 5 nitrogen and oxygen atoms in total. The summed E-state index contributed by atoms with van der Waals surface area (Å²) < 4.78 is 2.93. The number of aromatic hydroxyl groups is 2. The van der Waals surface area contributed by atoms with Gasteiger partial charge in [0.2, 0.25) is 0 Å². The molecule has 0 bridgehead atoms. The molecule has 1 amide bonds. The van der Waals surface area contributed by atoms with E-state index in [1.807, 2.05) is 6.92 Å². The van der Waals surface area contributed by atoms with Gasteiger partial charge in [0.05, 0.1) is 5.56 Å². The first-order valence-electron chi connectivity index (χ1n) is 10.1. The summed E-state index contributed by atoms with van der Waals surface area (Å²) in [4.78, 5) is 11.2. The third-order valence-corrected chi connectivity index (χ3v) is 4.81. The molecule has 0 atom stereocenters. The van der Waals surface area contributed by atoms with E-state index >= 15 is 0 Å². The fourth-order valence-electron chi connectivity index (χ4n) is 2.83. The molecule has 0 saturated heterocycles. The SMILES string of the molecule is CC(C)(C)c1cc(C[NH][Mn])c(O)c(C(C)(C)C)c1.CCNC(=O)c1ccccc1O. The predicted molar refractivity (Wildman–Crippen MR) is 118 cm³/mol. The number of benzene rings is 2. The Morgan fingerprint density at radius 1 is 1.00 bits per heavy atom. The van der Waals surface area contributed by atoms with Crippen molar-refractivity contribution >= 4 is 5.91 Å². The first kappa shape index (κ1) is 26.0. The summed E-state index contributed by atoms with van der Waals surface area (Å²) in [5, 5.41) is 22.2. The molecule has 6 heteroatoms. The number of hydrogen-bond acceptors (Lipinski definition) is 4. The molecule has 0 aliphatic rings. The van der Waals surface area contributed by atoms with Gasteiger partial charge in [-0.3, -0.25) is 4.79 Å². The standard InChI is InChI=1S/C15H24NO.C9H11NO2.Mn/c1-14(2,3)11-7-10(9-16)13(17)12(8-11)15(4,5)6;1-2-10-9(12)7-5-3-4-6-8(7)11;/h7-8,16-17H,9H2,1-6H3;3-6,11H,2H2,1H3,(H,10,12);/q-1;;+1. The number of phenolic OH excluding ortho intramolecular Hbond substituents is 2. The minimum atomic E-state index is -0.240. The van der Waals surface area contributed by atoms with E-state index < -0.39 is 0 Å². The summed E-state index contributed by atoms with van der Waals surface area (Å²) >= 11 is 3.21. The Bertz CT molecular complexity index is 853. The summed E-state index contributed by atoms with van der Waals surface area (Å²) in [6, 6.07) is 10.7. The van der Waals surface area contributed by atoms with Crippen LogP contribution in [0.15, 0.2) is 36.4 Å². The fraction of sp³-hybridized carbons (Fsp3) is 0.458. The third-order valence-electron chi connectivity index (χ3n) is 4.61. The van der Waals surface area contributed by atoms with Gasteiger partial charge in [-0.25, -0.2) is 0 Å². The van der Waals surface area contributed by atoms with Gasteiger partial charge in [0.25, 0.3) is 5.91 Å². The van der Waals surface area contributed by atoms with E-state index in [4.69, 9.17) is 0 Å². The van der Waals surface area contributed by atoms with Gasteiger partial charge in [-0.15, -0.1) is 0 Å². The topological polar surface area (TPSA) is 81.6 Å². The molecule has 0 spiro atoms. The molecule has 0 aliphatic carbocycles. The van der Waals surface area contributed by atoms with Crippen molar-refractivity contribution in [3.05, 3.63) is 58.7 Å². The van der Waals surface area contributed by atoms with Gasteiger partial charge in [-0.05, 0) is 19.1 Å². The predicted octanol–water partition coefficient (Wildman–Crippen LogP) is 4.68. The van der Waals surface area contributed by atoms with Crippen molar-refractivity contribution in [1.82, 2.24) is 9.65 Å². The van der Waals surface area contributed by atoms with Crippen LogP contribution in [-0.2, 0) is 33.6 Å². The second kappa shape index (κ2) is 10.9. The Kier molecular flexibility index (Phi) is 9.41. The summed E-state index contributed by atoms with van der Waals surface area (Å²) in [6.45, 7) is 16.0. The Labute approximate surface area is 189 Å². The van der Waals surface area contributed by atoms with Crippen molar-refractivity contribution < 1.29 is 31.2 Å². The number of phenols is 2. The van der Waals surface area contributed by atoms with Gasteiger partial charge in [0.15, 0.2) is 0 Å². The zero-order valence-electron chi connectivity index (χ0n) is 19.1. The van der Waals surface area contributed by atoms with Crippen molar-refractivity contribution in [2.75, 3.05) is 6.54 Å². The second-order valence-corrected chi connectivity index (χ2v) is 9.64. The number of rotatable bonds is 4. The van der Waals surface area contributed by atoms with Crippen LogP contribution in [0.4, 0.5) is 0 Å².